The second-order valence-corrected chi connectivity index (χ2v) is 6.67. The van der Waals surface area contributed by atoms with E-state index < -0.39 is 6.04 Å². The van der Waals surface area contributed by atoms with Crippen molar-refractivity contribution < 1.29 is 19.1 Å². The van der Waals surface area contributed by atoms with E-state index in [1.807, 2.05) is 31.2 Å². The van der Waals surface area contributed by atoms with Crippen LogP contribution in [0.25, 0.3) is 0 Å². The van der Waals surface area contributed by atoms with E-state index in [0.29, 0.717) is 35.8 Å². The molecule has 28 heavy (non-hydrogen) atoms. The van der Waals surface area contributed by atoms with Gasteiger partial charge >= 0.3 is 6.03 Å². The van der Waals surface area contributed by atoms with Crippen molar-refractivity contribution in [2.75, 3.05) is 31.4 Å². The summed E-state index contributed by atoms with van der Waals surface area (Å²) in [5.74, 6) is 0.738. The molecule has 1 unspecified atom stereocenters. The minimum atomic E-state index is -0.555. The van der Waals surface area contributed by atoms with Crippen molar-refractivity contribution in [3.05, 3.63) is 48.0 Å². The number of nitrogens with one attached hydrogen (secondary N) is 2. The molecule has 0 bridgehead atoms. The topological polar surface area (TPSA) is 79.9 Å². The van der Waals surface area contributed by atoms with Crippen LogP contribution >= 0.6 is 0 Å². The Bertz CT molecular complexity index is 829. The summed E-state index contributed by atoms with van der Waals surface area (Å²) in [6, 6.07) is 12.0. The lowest BCUT2D eigenvalue weighted by molar-refractivity contribution is -0.119. The molecule has 3 rings (SSSR count). The summed E-state index contributed by atoms with van der Waals surface area (Å²) in [6.07, 6.45) is 1.37. The van der Waals surface area contributed by atoms with Crippen LogP contribution in [0.4, 0.5) is 16.2 Å². The van der Waals surface area contributed by atoms with Gasteiger partial charge in [-0.15, -0.1) is 0 Å². The summed E-state index contributed by atoms with van der Waals surface area (Å²) in [5, 5.41) is 5.73. The predicted molar refractivity (Wildman–Crippen MR) is 108 cm³/mol. The van der Waals surface area contributed by atoms with E-state index in [9.17, 15) is 9.59 Å². The molecule has 2 aromatic rings. The van der Waals surface area contributed by atoms with Gasteiger partial charge in [0.1, 0.15) is 23.2 Å². The van der Waals surface area contributed by atoms with Gasteiger partial charge in [0.15, 0.2) is 0 Å². The van der Waals surface area contributed by atoms with E-state index in [4.69, 9.17) is 9.47 Å². The molecule has 2 N–H and O–H groups in total. The molecular formula is C21H25N3O4. The number of rotatable bonds is 5. The van der Waals surface area contributed by atoms with Crippen molar-refractivity contribution in [2.24, 2.45) is 0 Å². The molecule has 1 atom stereocenters. The number of nitrogens with zero attached hydrogens (tertiary/aromatic N) is 1. The Morgan fingerprint density at radius 2 is 1.64 bits per heavy atom. The fourth-order valence-corrected chi connectivity index (χ4v) is 3.30. The van der Waals surface area contributed by atoms with E-state index in [1.165, 1.54) is 14.2 Å². The van der Waals surface area contributed by atoms with E-state index in [0.717, 1.165) is 12.0 Å². The molecule has 7 heteroatoms. The number of ether oxygens (including phenoxy) is 2. The zero-order valence-electron chi connectivity index (χ0n) is 16.3. The summed E-state index contributed by atoms with van der Waals surface area (Å²) >= 11 is 0. The first-order valence-corrected chi connectivity index (χ1v) is 9.19. The number of hydrogen-bond acceptors (Lipinski definition) is 4. The summed E-state index contributed by atoms with van der Waals surface area (Å²) in [4.78, 5) is 27.2. The fraction of sp³-hybridized carbons (Fsp3) is 0.333. The highest BCUT2D eigenvalue weighted by Crippen LogP contribution is 2.35. The van der Waals surface area contributed by atoms with E-state index >= 15 is 0 Å². The lowest BCUT2D eigenvalue weighted by Gasteiger charge is -2.25. The van der Waals surface area contributed by atoms with Crippen molar-refractivity contribution in [2.45, 2.75) is 25.8 Å². The number of anilines is 2. The molecule has 148 valence electrons. The molecule has 1 saturated heterocycles. The summed E-state index contributed by atoms with van der Waals surface area (Å²) in [5.41, 5.74) is 2.28. The van der Waals surface area contributed by atoms with Gasteiger partial charge in [0.2, 0.25) is 5.91 Å². The van der Waals surface area contributed by atoms with Crippen molar-refractivity contribution in [3.63, 3.8) is 0 Å². The summed E-state index contributed by atoms with van der Waals surface area (Å²) in [7, 11) is 3.06. The fourth-order valence-electron chi connectivity index (χ4n) is 3.30. The molecule has 3 amide bonds. The number of methoxy groups -OCH3 is 2. The molecule has 0 aliphatic carbocycles. The summed E-state index contributed by atoms with van der Waals surface area (Å²) < 4.78 is 10.7. The molecule has 0 spiro atoms. The zero-order chi connectivity index (χ0) is 20.1. The third kappa shape index (κ3) is 4.19. The monoisotopic (exact) mass is 383 g/mol. The molecule has 0 aromatic heterocycles. The van der Waals surface area contributed by atoms with Crippen LogP contribution < -0.4 is 20.1 Å². The van der Waals surface area contributed by atoms with Gasteiger partial charge in [-0.25, -0.2) is 4.79 Å². The van der Waals surface area contributed by atoms with Gasteiger partial charge < -0.3 is 25.0 Å². The second-order valence-electron chi connectivity index (χ2n) is 6.67. The molecule has 7 nitrogen and oxygen atoms in total. The van der Waals surface area contributed by atoms with Crippen LogP contribution in [-0.2, 0) is 4.79 Å². The maximum Gasteiger partial charge on any atom is 0.322 e. The molecule has 1 aliphatic rings. The molecule has 1 aliphatic heterocycles. The first-order chi connectivity index (χ1) is 13.5. The van der Waals surface area contributed by atoms with Crippen LogP contribution in [0.1, 0.15) is 18.4 Å². The first-order valence-electron chi connectivity index (χ1n) is 9.19. The molecule has 0 radical (unpaired) electrons. The third-order valence-corrected chi connectivity index (χ3v) is 4.80. The Hall–Kier alpha value is -3.22. The average molecular weight is 383 g/mol. The van der Waals surface area contributed by atoms with Crippen LogP contribution in [0.5, 0.6) is 11.5 Å². The van der Waals surface area contributed by atoms with Crippen molar-refractivity contribution in [3.8, 4) is 11.5 Å². The quantitative estimate of drug-likeness (QED) is 0.826. The van der Waals surface area contributed by atoms with Gasteiger partial charge in [-0.2, -0.15) is 0 Å². The van der Waals surface area contributed by atoms with Gasteiger partial charge in [0.05, 0.1) is 14.2 Å². The normalized spacial score (nSPS) is 15.8. The van der Waals surface area contributed by atoms with Crippen LogP contribution in [0.2, 0.25) is 0 Å². The number of likely N-dealkylation sites (tertiary alicyclic amines) is 1. The number of carbonyl (C=O) groups is 2. The minimum Gasteiger partial charge on any atom is -0.494 e. The SMILES string of the molecule is COc1cccc(OC)c1NC(=O)C1CCCN1C(=O)Nc1ccc(C)cc1. The van der Waals surface area contributed by atoms with E-state index in [-0.39, 0.29) is 11.9 Å². The number of aryl methyl sites for hydroxylation is 1. The zero-order valence-corrected chi connectivity index (χ0v) is 16.3. The van der Waals surface area contributed by atoms with Crippen LogP contribution in [0.3, 0.4) is 0 Å². The number of amides is 3. The highest BCUT2D eigenvalue weighted by atomic mass is 16.5. The standard InChI is InChI=1S/C21H25N3O4/c1-14-9-11-15(12-10-14)22-21(26)24-13-5-6-16(24)20(25)23-19-17(27-2)7-4-8-18(19)28-3/h4,7-12,16H,5-6,13H2,1-3H3,(H,22,26)(H,23,25). The van der Waals surface area contributed by atoms with Gasteiger partial charge in [-0.05, 0) is 44.0 Å². The summed E-state index contributed by atoms with van der Waals surface area (Å²) in [6.45, 7) is 2.51. The lowest BCUT2D eigenvalue weighted by atomic mass is 10.2. The molecule has 1 fully saturated rings. The van der Waals surface area contributed by atoms with Crippen molar-refractivity contribution >= 4 is 23.3 Å². The molecule has 2 aromatic carbocycles. The number of urea groups is 1. The van der Waals surface area contributed by atoms with Crippen LogP contribution in [0, 0.1) is 6.92 Å². The Labute approximate surface area is 164 Å². The molecule has 1 heterocycles. The Morgan fingerprint density at radius 3 is 2.25 bits per heavy atom. The van der Waals surface area contributed by atoms with Crippen molar-refractivity contribution in [1.82, 2.24) is 4.90 Å². The van der Waals surface area contributed by atoms with Gasteiger partial charge in [-0.3, -0.25) is 4.79 Å². The largest absolute Gasteiger partial charge is 0.494 e. The van der Waals surface area contributed by atoms with E-state index in [1.54, 1.807) is 23.1 Å². The van der Waals surface area contributed by atoms with Crippen LogP contribution in [0.15, 0.2) is 42.5 Å². The Kier molecular flexibility index (Phi) is 6.03. The first kappa shape index (κ1) is 19.5. The lowest BCUT2D eigenvalue weighted by Crippen LogP contribution is -2.45. The van der Waals surface area contributed by atoms with Gasteiger partial charge in [-0.1, -0.05) is 23.8 Å². The highest BCUT2D eigenvalue weighted by Gasteiger charge is 2.35. The maximum atomic E-state index is 12.9. The third-order valence-electron chi connectivity index (χ3n) is 4.80. The number of carbonyl (C=O) groups excluding carboxylic acids is 2. The highest BCUT2D eigenvalue weighted by molar-refractivity contribution is 6.01. The van der Waals surface area contributed by atoms with Gasteiger partial charge in [0.25, 0.3) is 0 Å². The van der Waals surface area contributed by atoms with Crippen LogP contribution in [-0.4, -0.2) is 43.6 Å². The molecular weight excluding hydrogens is 358 g/mol. The number of para-hydroxylation sites is 1. The number of benzene rings is 2. The second kappa shape index (κ2) is 8.65. The molecule has 0 saturated carbocycles. The van der Waals surface area contributed by atoms with Gasteiger partial charge in [0, 0.05) is 12.2 Å². The average Bonchev–Trinajstić information content (AvgIpc) is 3.20. The predicted octanol–water partition coefficient (Wildman–Crippen LogP) is 3.65. The smallest absolute Gasteiger partial charge is 0.322 e. The van der Waals surface area contributed by atoms with Crippen molar-refractivity contribution in [1.29, 1.82) is 0 Å². The Morgan fingerprint density at radius 1 is 1.00 bits per heavy atom. The maximum absolute atomic E-state index is 12.9. The van der Waals surface area contributed by atoms with E-state index in [2.05, 4.69) is 10.6 Å². The Balaban J connectivity index is 1.73. The number of hydrogen-bond donors (Lipinski definition) is 2. The minimum absolute atomic E-state index is 0.264.